The molecule has 1 N–H and O–H groups in total. The number of para-hydroxylation sites is 2. The predicted octanol–water partition coefficient (Wildman–Crippen LogP) is 4.25. The van der Waals surface area contributed by atoms with Crippen molar-refractivity contribution in [3.63, 3.8) is 0 Å². The molecule has 1 atom stereocenters. The Balaban J connectivity index is 1.32. The van der Waals surface area contributed by atoms with Crippen LogP contribution < -0.4 is 24.4 Å². The van der Waals surface area contributed by atoms with Crippen molar-refractivity contribution in [2.45, 2.75) is 19.0 Å². The van der Waals surface area contributed by atoms with Crippen molar-refractivity contribution >= 4 is 17.3 Å². The third kappa shape index (κ3) is 4.28. The van der Waals surface area contributed by atoms with E-state index in [1.165, 1.54) is 5.56 Å². The van der Waals surface area contributed by atoms with Crippen molar-refractivity contribution in [2.24, 2.45) is 0 Å². The molecule has 0 radical (unpaired) electrons. The summed E-state index contributed by atoms with van der Waals surface area (Å²) >= 11 is 0. The Morgan fingerprint density at radius 3 is 2.52 bits per heavy atom. The quantitative estimate of drug-likeness (QED) is 0.674. The van der Waals surface area contributed by atoms with Crippen molar-refractivity contribution in [2.75, 3.05) is 30.0 Å². The van der Waals surface area contributed by atoms with Gasteiger partial charge >= 0.3 is 0 Å². The molecule has 1 unspecified atom stereocenters. The topological polar surface area (TPSA) is 60.0 Å². The Labute approximate surface area is 181 Å². The van der Waals surface area contributed by atoms with Gasteiger partial charge in [-0.05, 0) is 29.8 Å². The highest BCUT2D eigenvalue weighted by atomic mass is 16.6. The van der Waals surface area contributed by atoms with Gasteiger partial charge in [-0.3, -0.25) is 4.79 Å². The fourth-order valence-electron chi connectivity index (χ4n) is 4.00. The summed E-state index contributed by atoms with van der Waals surface area (Å²) in [6.45, 7) is 2.22. The normalized spacial score (nSPS) is 16.8. The Morgan fingerprint density at radius 2 is 1.65 bits per heavy atom. The minimum atomic E-state index is -0.0766. The standard InChI is InChI=1S/C25H24N2O4/c28-25(26-19-10-11-23-24(14-19)30-13-12-29-23)15-20-17-31-22-9-5-4-8-21(22)27(20)16-18-6-2-1-3-7-18/h1-11,14,20H,12-13,15-17H2,(H,26,28). The van der Waals surface area contributed by atoms with Crippen LogP contribution in [0.3, 0.4) is 0 Å². The summed E-state index contributed by atoms with van der Waals surface area (Å²) < 4.78 is 17.1. The maximum Gasteiger partial charge on any atom is 0.226 e. The van der Waals surface area contributed by atoms with Gasteiger partial charge < -0.3 is 24.4 Å². The molecule has 3 aromatic carbocycles. The van der Waals surface area contributed by atoms with E-state index in [9.17, 15) is 4.79 Å². The Kier molecular flexibility index (Phi) is 5.35. The number of amides is 1. The lowest BCUT2D eigenvalue weighted by Crippen LogP contribution is -2.44. The van der Waals surface area contributed by atoms with Crippen LogP contribution in [0.15, 0.2) is 72.8 Å². The van der Waals surface area contributed by atoms with E-state index in [-0.39, 0.29) is 11.9 Å². The smallest absolute Gasteiger partial charge is 0.226 e. The minimum absolute atomic E-state index is 0.0669. The molecule has 2 aliphatic heterocycles. The van der Waals surface area contributed by atoms with E-state index in [0.717, 1.165) is 11.4 Å². The van der Waals surface area contributed by atoms with Crippen LogP contribution >= 0.6 is 0 Å². The molecule has 0 aliphatic carbocycles. The van der Waals surface area contributed by atoms with Gasteiger partial charge in [0.25, 0.3) is 0 Å². The number of nitrogens with zero attached hydrogens (tertiary/aromatic N) is 1. The Bertz CT molecular complexity index is 1070. The van der Waals surface area contributed by atoms with Gasteiger partial charge in [0.05, 0.1) is 18.2 Å². The second-order valence-electron chi connectivity index (χ2n) is 7.66. The molecule has 2 aliphatic rings. The average molecular weight is 416 g/mol. The number of hydrogen-bond acceptors (Lipinski definition) is 5. The maximum atomic E-state index is 12.9. The van der Waals surface area contributed by atoms with E-state index in [0.29, 0.717) is 50.0 Å². The lowest BCUT2D eigenvalue weighted by atomic mass is 10.1. The van der Waals surface area contributed by atoms with Gasteiger partial charge in [-0.15, -0.1) is 0 Å². The first-order valence-electron chi connectivity index (χ1n) is 10.5. The first-order valence-corrected chi connectivity index (χ1v) is 10.5. The van der Waals surface area contributed by atoms with Crippen LogP contribution in [-0.4, -0.2) is 31.8 Å². The van der Waals surface area contributed by atoms with Gasteiger partial charge in [0, 0.05) is 18.3 Å². The summed E-state index contributed by atoms with van der Waals surface area (Å²) in [7, 11) is 0. The summed E-state index contributed by atoms with van der Waals surface area (Å²) in [6.07, 6.45) is 0.315. The number of carbonyl (C=O) groups is 1. The molecule has 2 heterocycles. The lowest BCUT2D eigenvalue weighted by molar-refractivity contribution is -0.116. The van der Waals surface area contributed by atoms with Gasteiger partial charge in [-0.25, -0.2) is 0 Å². The summed E-state index contributed by atoms with van der Waals surface area (Å²) in [5.41, 5.74) is 2.90. The van der Waals surface area contributed by atoms with E-state index < -0.39 is 0 Å². The first kappa shape index (κ1) is 19.3. The van der Waals surface area contributed by atoms with E-state index in [2.05, 4.69) is 22.3 Å². The molecule has 31 heavy (non-hydrogen) atoms. The fraction of sp³-hybridized carbons (Fsp3) is 0.240. The summed E-state index contributed by atoms with van der Waals surface area (Å²) in [4.78, 5) is 15.2. The van der Waals surface area contributed by atoms with Crippen molar-refractivity contribution in [1.82, 2.24) is 0 Å². The van der Waals surface area contributed by atoms with E-state index >= 15 is 0 Å². The molecule has 0 aromatic heterocycles. The second kappa shape index (κ2) is 8.60. The monoisotopic (exact) mass is 416 g/mol. The average Bonchev–Trinajstić information content (AvgIpc) is 2.81. The molecule has 5 rings (SSSR count). The zero-order valence-electron chi connectivity index (χ0n) is 17.1. The number of carbonyl (C=O) groups excluding carboxylic acids is 1. The molecule has 158 valence electrons. The molecule has 3 aromatic rings. The molecule has 0 fully saturated rings. The Hall–Kier alpha value is -3.67. The van der Waals surface area contributed by atoms with E-state index in [1.807, 2.05) is 54.6 Å². The number of fused-ring (bicyclic) bond motifs is 2. The number of nitrogens with one attached hydrogen (secondary N) is 1. The highest BCUT2D eigenvalue weighted by molar-refractivity contribution is 5.92. The number of ether oxygens (including phenoxy) is 3. The summed E-state index contributed by atoms with van der Waals surface area (Å²) in [6, 6.07) is 23.6. The van der Waals surface area contributed by atoms with Crippen LogP contribution in [0.5, 0.6) is 17.2 Å². The molecule has 6 heteroatoms. The molecule has 0 saturated heterocycles. The van der Waals surface area contributed by atoms with Gasteiger partial charge in [-0.1, -0.05) is 42.5 Å². The van der Waals surface area contributed by atoms with Crippen molar-refractivity contribution in [3.05, 3.63) is 78.4 Å². The highest BCUT2D eigenvalue weighted by Crippen LogP contribution is 2.36. The van der Waals surface area contributed by atoms with Crippen molar-refractivity contribution in [3.8, 4) is 17.2 Å². The zero-order valence-corrected chi connectivity index (χ0v) is 17.1. The zero-order chi connectivity index (χ0) is 21.0. The number of rotatable bonds is 5. The van der Waals surface area contributed by atoms with Crippen LogP contribution in [0.25, 0.3) is 0 Å². The van der Waals surface area contributed by atoms with E-state index in [4.69, 9.17) is 14.2 Å². The SMILES string of the molecule is O=C(CC1COc2ccccc2N1Cc1ccccc1)Nc1ccc2c(c1)OCCO2. The van der Waals surface area contributed by atoms with Crippen LogP contribution in [-0.2, 0) is 11.3 Å². The molecular formula is C25H24N2O4. The van der Waals surface area contributed by atoms with Crippen LogP contribution in [0.1, 0.15) is 12.0 Å². The van der Waals surface area contributed by atoms with Gasteiger partial charge in [0.2, 0.25) is 5.91 Å². The number of anilines is 2. The molecule has 0 saturated carbocycles. The summed E-state index contributed by atoms with van der Waals surface area (Å²) in [5, 5.41) is 2.99. The maximum absolute atomic E-state index is 12.9. The molecule has 0 bridgehead atoms. The van der Waals surface area contributed by atoms with Crippen LogP contribution in [0.4, 0.5) is 11.4 Å². The fourth-order valence-corrected chi connectivity index (χ4v) is 4.00. The number of benzene rings is 3. The molecule has 0 spiro atoms. The van der Waals surface area contributed by atoms with Gasteiger partial charge in [0.1, 0.15) is 25.6 Å². The van der Waals surface area contributed by atoms with Crippen LogP contribution in [0, 0.1) is 0 Å². The number of hydrogen-bond donors (Lipinski definition) is 1. The Morgan fingerprint density at radius 1 is 0.871 bits per heavy atom. The minimum Gasteiger partial charge on any atom is -0.489 e. The van der Waals surface area contributed by atoms with E-state index in [1.54, 1.807) is 6.07 Å². The first-order chi connectivity index (χ1) is 15.3. The second-order valence-corrected chi connectivity index (χ2v) is 7.66. The van der Waals surface area contributed by atoms with Crippen molar-refractivity contribution in [1.29, 1.82) is 0 Å². The molecular weight excluding hydrogens is 392 g/mol. The lowest BCUT2D eigenvalue weighted by Gasteiger charge is -2.38. The van der Waals surface area contributed by atoms with Gasteiger partial charge in [-0.2, -0.15) is 0 Å². The third-order valence-electron chi connectivity index (χ3n) is 5.49. The van der Waals surface area contributed by atoms with Crippen LogP contribution in [0.2, 0.25) is 0 Å². The van der Waals surface area contributed by atoms with Crippen molar-refractivity contribution < 1.29 is 19.0 Å². The molecule has 6 nitrogen and oxygen atoms in total. The largest absolute Gasteiger partial charge is 0.489 e. The summed E-state index contributed by atoms with van der Waals surface area (Å²) in [5.74, 6) is 2.14. The third-order valence-corrected chi connectivity index (χ3v) is 5.49. The van der Waals surface area contributed by atoms with Gasteiger partial charge in [0.15, 0.2) is 11.5 Å². The molecule has 1 amide bonds. The predicted molar refractivity (Wildman–Crippen MR) is 119 cm³/mol. The highest BCUT2D eigenvalue weighted by Gasteiger charge is 2.29.